The smallest absolute Gasteiger partial charge is 0.512 e. The molecule has 0 bridgehead atoms. The molecule has 0 heterocycles. The Hall–Kier alpha value is -1.40. The summed E-state index contributed by atoms with van der Waals surface area (Å²) >= 11 is 0. The van der Waals surface area contributed by atoms with Crippen LogP contribution in [0.25, 0.3) is 0 Å². The second-order valence-electron chi connectivity index (χ2n) is 0. The van der Waals surface area contributed by atoms with E-state index >= 15 is 0 Å². The van der Waals surface area contributed by atoms with Gasteiger partial charge in [-0.1, -0.05) is 0 Å². The molecule has 0 saturated heterocycles. The summed E-state index contributed by atoms with van der Waals surface area (Å²) in [6.45, 7) is 28.5. The van der Waals surface area contributed by atoms with E-state index in [2.05, 4.69) is 0 Å². The standard InChI is InChI=1S/6CN.2Fe.Zn/c6*1-2;;;/q6*-1;3*+2. The molecule has 0 rings (SSSR count). The van der Waals surface area contributed by atoms with Crippen LogP contribution in [0.5, 0.6) is 0 Å². The topological polar surface area (TPSA) is 143 Å². The van der Waals surface area contributed by atoms with E-state index in [9.17, 15) is 0 Å². The molecule has 0 spiro atoms. The number of hydrogen-bond acceptors (Lipinski definition) is 6. The van der Waals surface area contributed by atoms with Gasteiger partial charge in [0, 0.05) is 0 Å². The maximum atomic E-state index is 6.25. The second-order valence-corrected chi connectivity index (χ2v) is 0. The predicted octanol–water partition coefficient (Wildman–Crippen LogP) is 0.571. The molecule has 6 nitrogen and oxygen atoms in total. The van der Waals surface area contributed by atoms with Crippen LogP contribution in [0.3, 0.4) is 0 Å². The average molecular weight is 333 g/mol. The molecule has 72 valence electrons. The van der Waals surface area contributed by atoms with Gasteiger partial charge in [0.1, 0.15) is 0 Å². The molecule has 0 saturated carbocycles. The third kappa shape index (κ3) is 725. The second kappa shape index (κ2) is 868. The normalized spacial score (nSPS) is 0.800. The Balaban J connectivity index is -0.00000000396. The molecule has 0 atom stereocenters. The molecule has 15 heavy (non-hydrogen) atoms. The van der Waals surface area contributed by atoms with Gasteiger partial charge in [0.2, 0.25) is 0 Å². The summed E-state index contributed by atoms with van der Waals surface area (Å²) in [5.74, 6) is 0. The molecule has 0 aliphatic rings. The van der Waals surface area contributed by atoms with Gasteiger partial charge in [0.15, 0.2) is 0 Å². The van der Waals surface area contributed by atoms with Crippen molar-refractivity contribution in [3.63, 3.8) is 0 Å². The summed E-state index contributed by atoms with van der Waals surface area (Å²) in [5.41, 5.74) is 0. The number of hydrogen-bond donors (Lipinski definition) is 0. The third-order valence-corrected chi connectivity index (χ3v) is 0. The van der Waals surface area contributed by atoms with E-state index in [1.165, 1.54) is 0 Å². The molecule has 0 aliphatic heterocycles. The van der Waals surface area contributed by atoms with Crippen molar-refractivity contribution in [1.29, 1.82) is 31.6 Å². The van der Waals surface area contributed by atoms with Gasteiger partial charge in [0.25, 0.3) is 0 Å². The summed E-state index contributed by atoms with van der Waals surface area (Å²) in [4.78, 5) is 0. The molecular formula is C6Fe2N6Zn. The van der Waals surface area contributed by atoms with Crippen molar-refractivity contribution in [2.75, 3.05) is 0 Å². The first kappa shape index (κ1) is 102. The minimum Gasteiger partial charge on any atom is -0.512 e. The summed E-state index contributed by atoms with van der Waals surface area (Å²) in [7, 11) is 0. The number of nitrogens with zero attached hydrogens (tertiary/aromatic N) is 6. The molecule has 0 aromatic rings. The first-order valence-corrected chi connectivity index (χ1v) is 1.34. The Morgan fingerprint density at radius 2 is 0.333 bits per heavy atom. The van der Waals surface area contributed by atoms with Gasteiger partial charge < -0.3 is 71.0 Å². The maximum absolute atomic E-state index is 6.25. The fraction of sp³-hybridized carbons (Fsp3) is 0. The van der Waals surface area contributed by atoms with Crippen molar-refractivity contribution in [2.24, 2.45) is 0 Å². The van der Waals surface area contributed by atoms with E-state index in [1.54, 1.807) is 0 Å². The van der Waals surface area contributed by atoms with Gasteiger partial charge in [-0.3, -0.25) is 0 Å². The van der Waals surface area contributed by atoms with Crippen molar-refractivity contribution < 1.29 is 53.6 Å². The van der Waals surface area contributed by atoms with Crippen molar-refractivity contribution in [1.82, 2.24) is 0 Å². The Bertz CT molecular complexity index is 101. The number of rotatable bonds is 0. The molecular weight excluding hydrogens is 333 g/mol. The van der Waals surface area contributed by atoms with E-state index in [1.807, 2.05) is 0 Å². The van der Waals surface area contributed by atoms with Crippen LogP contribution in [-0.2, 0) is 53.6 Å². The first-order valence-electron chi connectivity index (χ1n) is 1.34. The van der Waals surface area contributed by atoms with Crippen molar-refractivity contribution >= 4 is 0 Å². The van der Waals surface area contributed by atoms with Crippen LogP contribution in [0.2, 0.25) is 0 Å². The Morgan fingerprint density at radius 1 is 0.333 bits per heavy atom. The van der Waals surface area contributed by atoms with Crippen LogP contribution >= 0.6 is 0 Å². The van der Waals surface area contributed by atoms with Crippen molar-refractivity contribution in [2.45, 2.75) is 0 Å². The Labute approximate surface area is 124 Å². The third-order valence-electron chi connectivity index (χ3n) is 0. The first-order chi connectivity index (χ1) is 6.00. The summed E-state index contributed by atoms with van der Waals surface area (Å²) in [6, 6.07) is 0. The SMILES string of the molecule is [C-]#N.[C-]#N.[C-]#N.[C-]#N.[C-]#N.[C-]#N.[Fe+2].[Fe+2].[Zn+2]. The van der Waals surface area contributed by atoms with Gasteiger partial charge in [-0.25, -0.2) is 0 Å². The van der Waals surface area contributed by atoms with E-state index in [4.69, 9.17) is 71.0 Å². The predicted molar refractivity (Wildman–Crippen MR) is 29.8 cm³/mol. The molecule has 0 radical (unpaired) electrons. The fourth-order valence-corrected chi connectivity index (χ4v) is 0. The van der Waals surface area contributed by atoms with Gasteiger partial charge in [-0.2, -0.15) is 0 Å². The molecule has 0 N–H and O–H groups in total. The average Bonchev–Trinajstić information content (AvgIpc) is 2.33. The summed E-state index contributed by atoms with van der Waals surface area (Å²) in [6.07, 6.45) is 0. The van der Waals surface area contributed by atoms with Crippen LogP contribution in [0.4, 0.5) is 0 Å². The van der Waals surface area contributed by atoms with Crippen LogP contribution in [0.1, 0.15) is 0 Å². The molecule has 9 heteroatoms. The monoisotopic (exact) mass is 332 g/mol. The van der Waals surface area contributed by atoms with Crippen LogP contribution in [-0.4, -0.2) is 0 Å². The molecule has 0 unspecified atom stereocenters. The van der Waals surface area contributed by atoms with Crippen LogP contribution in [0, 0.1) is 71.0 Å². The van der Waals surface area contributed by atoms with Gasteiger partial charge in [-0.05, 0) is 0 Å². The minimum absolute atomic E-state index is 0. The summed E-state index contributed by atoms with van der Waals surface area (Å²) < 4.78 is 0. The fourth-order valence-electron chi connectivity index (χ4n) is 0. The molecule has 0 fully saturated rings. The van der Waals surface area contributed by atoms with Crippen molar-refractivity contribution in [3.05, 3.63) is 39.4 Å². The van der Waals surface area contributed by atoms with E-state index < -0.39 is 0 Å². The molecule has 0 amide bonds. The van der Waals surface area contributed by atoms with Crippen molar-refractivity contribution in [3.8, 4) is 0 Å². The zero-order valence-electron chi connectivity index (χ0n) is 7.10. The zero-order chi connectivity index (χ0) is 12.0. The van der Waals surface area contributed by atoms with E-state index in [-0.39, 0.29) is 53.6 Å². The van der Waals surface area contributed by atoms with Crippen LogP contribution < -0.4 is 0 Å². The van der Waals surface area contributed by atoms with E-state index in [0.29, 0.717) is 0 Å². The largest absolute Gasteiger partial charge is 2.00 e. The summed E-state index contributed by atoms with van der Waals surface area (Å²) in [5, 5.41) is 37.5. The quantitative estimate of drug-likeness (QED) is 0.468. The molecule has 0 aromatic carbocycles. The molecule has 0 aliphatic carbocycles. The minimum atomic E-state index is 0. The van der Waals surface area contributed by atoms with Gasteiger partial charge in [0.05, 0.1) is 0 Å². The van der Waals surface area contributed by atoms with Crippen LogP contribution in [0.15, 0.2) is 0 Å². The zero-order valence-corrected chi connectivity index (χ0v) is 12.3. The van der Waals surface area contributed by atoms with Gasteiger partial charge in [-0.15, -0.1) is 0 Å². The van der Waals surface area contributed by atoms with E-state index in [0.717, 1.165) is 0 Å². The Morgan fingerprint density at radius 3 is 0.333 bits per heavy atom. The maximum Gasteiger partial charge on any atom is 2.00 e. The molecule has 0 aromatic heterocycles. The Kier molecular flexibility index (Phi) is 5900. The van der Waals surface area contributed by atoms with Gasteiger partial charge >= 0.3 is 53.6 Å².